The molecule has 126 valence electrons. The number of ether oxygens (including phenoxy) is 2. The van der Waals surface area contributed by atoms with E-state index in [0.717, 1.165) is 56.5 Å². The number of anilines is 1. The molecule has 0 saturated carbocycles. The van der Waals surface area contributed by atoms with Gasteiger partial charge in [0.2, 0.25) is 0 Å². The van der Waals surface area contributed by atoms with Crippen molar-refractivity contribution in [3.8, 4) is 11.5 Å². The first-order valence-electron chi connectivity index (χ1n) is 8.54. The summed E-state index contributed by atoms with van der Waals surface area (Å²) in [6.45, 7) is 4.85. The number of hydrogen-bond acceptors (Lipinski definition) is 5. The molecule has 1 atom stereocenters. The van der Waals surface area contributed by atoms with Gasteiger partial charge in [-0.1, -0.05) is 18.2 Å². The summed E-state index contributed by atoms with van der Waals surface area (Å²) >= 11 is 0. The van der Waals surface area contributed by atoms with Gasteiger partial charge in [0.1, 0.15) is 12.4 Å². The fourth-order valence-electron chi connectivity index (χ4n) is 3.63. The fraction of sp³-hybridized carbons (Fsp3) is 0.421. The van der Waals surface area contributed by atoms with Crippen LogP contribution in [0.2, 0.25) is 0 Å². The highest BCUT2D eigenvalue weighted by Gasteiger charge is 2.29. The average molecular weight is 325 g/mol. The second-order valence-electron chi connectivity index (χ2n) is 6.33. The summed E-state index contributed by atoms with van der Waals surface area (Å²) in [5, 5.41) is 0. The number of methoxy groups -OCH3 is 1. The Morgan fingerprint density at radius 1 is 1.08 bits per heavy atom. The summed E-state index contributed by atoms with van der Waals surface area (Å²) in [6, 6.07) is 12.7. The fourth-order valence-corrected chi connectivity index (χ4v) is 3.63. The molecule has 0 N–H and O–H groups in total. The molecule has 24 heavy (non-hydrogen) atoms. The largest absolute Gasteiger partial charge is 0.493 e. The Hall–Kier alpha value is -2.27. The van der Waals surface area contributed by atoms with Gasteiger partial charge in [-0.3, -0.25) is 4.90 Å². The van der Waals surface area contributed by atoms with Crippen molar-refractivity contribution in [3.63, 3.8) is 0 Å². The Kier molecular flexibility index (Phi) is 4.26. The molecule has 3 heterocycles. The van der Waals surface area contributed by atoms with Crippen LogP contribution in [0.5, 0.6) is 11.5 Å². The summed E-state index contributed by atoms with van der Waals surface area (Å²) in [4.78, 5) is 9.36. The molecule has 0 spiro atoms. The molecule has 0 amide bonds. The quantitative estimate of drug-likeness (QED) is 0.865. The number of para-hydroxylation sites is 1. The van der Waals surface area contributed by atoms with Crippen molar-refractivity contribution in [2.75, 3.05) is 44.8 Å². The van der Waals surface area contributed by atoms with E-state index in [2.05, 4.69) is 26.9 Å². The monoisotopic (exact) mass is 325 g/mol. The highest BCUT2D eigenvalue weighted by Crippen LogP contribution is 2.35. The minimum absolute atomic E-state index is 0.440. The van der Waals surface area contributed by atoms with E-state index in [0.29, 0.717) is 6.04 Å². The molecule has 2 aromatic rings. The lowest BCUT2D eigenvalue weighted by Crippen LogP contribution is -2.53. The number of nitrogens with zero attached hydrogens (tertiary/aromatic N) is 3. The summed E-state index contributed by atoms with van der Waals surface area (Å²) in [5.74, 6) is 2.83. The second kappa shape index (κ2) is 6.69. The minimum atomic E-state index is 0.440. The highest BCUT2D eigenvalue weighted by atomic mass is 16.5. The SMILES string of the molecule is COc1cccc2c1OCC(N1CCN(c3ccccn3)CC1)C2. The number of piperazine rings is 1. The molecule has 0 radical (unpaired) electrons. The molecule has 5 nitrogen and oxygen atoms in total. The van der Waals surface area contributed by atoms with E-state index in [1.54, 1.807) is 7.11 Å². The lowest BCUT2D eigenvalue weighted by atomic mass is 10.0. The average Bonchev–Trinajstić information content (AvgIpc) is 2.68. The Labute approximate surface area is 142 Å². The zero-order valence-electron chi connectivity index (χ0n) is 14.0. The van der Waals surface area contributed by atoms with Gasteiger partial charge in [-0.2, -0.15) is 0 Å². The van der Waals surface area contributed by atoms with Gasteiger partial charge in [-0.15, -0.1) is 0 Å². The maximum absolute atomic E-state index is 6.03. The Morgan fingerprint density at radius 2 is 1.96 bits per heavy atom. The number of fused-ring (bicyclic) bond motifs is 1. The topological polar surface area (TPSA) is 37.8 Å². The van der Waals surface area contributed by atoms with Crippen LogP contribution in [0.4, 0.5) is 5.82 Å². The van der Waals surface area contributed by atoms with Crippen LogP contribution < -0.4 is 14.4 Å². The molecule has 0 aliphatic carbocycles. The maximum atomic E-state index is 6.03. The van der Waals surface area contributed by atoms with Crippen molar-refractivity contribution >= 4 is 5.82 Å². The lowest BCUT2D eigenvalue weighted by molar-refractivity contribution is 0.111. The van der Waals surface area contributed by atoms with Gasteiger partial charge in [0.15, 0.2) is 11.5 Å². The highest BCUT2D eigenvalue weighted by molar-refractivity contribution is 5.48. The predicted octanol–water partition coefficient (Wildman–Crippen LogP) is 2.22. The van der Waals surface area contributed by atoms with Crippen molar-refractivity contribution in [3.05, 3.63) is 48.2 Å². The van der Waals surface area contributed by atoms with Crippen LogP contribution in [0.3, 0.4) is 0 Å². The third-order valence-corrected chi connectivity index (χ3v) is 4.96. The third kappa shape index (κ3) is 2.91. The van der Waals surface area contributed by atoms with Gasteiger partial charge < -0.3 is 14.4 Å². The first-order valence-corrected chi connectivity index (χ1v) is 8.54. The molecule has 0 bridgehead atoms. The molecule has 5 heteroatoms. The molecular weight excluding hydrogens is 302 g/mol. The number of rotatable bonds is 3. The van der Waals surface area contributed by atoms with Crippen molar-refractivity contribution < 1.29 is 9.47 Å². The van der Waals surface area contributed by atoms with Crippen LogP contribution in [-0.2, 0) is 6.42 Å². The molecule has 4 rings (SSSR count). The summed E-state index contributed by atoms with van der Waals surface area (Å²) in [6.07, 6.45) is 2.89. The van der Waals surface area contributed by atoms with Crippen molar-refractivity contribution in [1.29, 1.82) is 0 Å². The number of hydrogen-bond donors (Lipinski definition) is 0. The summed E-state index contributed by atoms with van der Waals surface area (Å²) < 4.78 is 11.4. The molecule has 2 aliphatic rings. The van der Waals surface area contributed by atoms with Crippen molar-refractivity contribution in [1.82, 2.24) is 9.88 Å². The Bertz CT molecular complexity index is 684. The smallest absolute Gasteiger partial charge is 0.164 e. The molecule has 1 aromatic heterocycles. The van der Waals surface area contributed by atoms with Gasteiger partial charge in [0.25, 0.3) is 0 Å². The van der Waals surface area contributed by atoms with E-state index in [-0.39, 0.29) is 0 Å². The summed E-state index contributed by atoms with van der Waals surface area (Å²) in [5.41, 5.74) is 1.25. The van der Waals surface area contributed by atoms with E-state index in [9.17, 15) is 0 Å². The molecular formula is C19H23N3O2. The predicted molar refractivity (Wildman–Crippen MR) is 94.0 cm³/mol. The standard InChI is InChI=1S/C19H23N3O2/c1-23-17-6-4-5-15-13-16(14-24-19(15)17)21-9-11-22(12-10-21)18-7-2-3-8-20-18/h2-8,16H,9-14H2,1H3. The normalized spacial score (nSPS) is 21.0. The number of pyridine rings is 1. The number of aromatic nitrogens is 1. The first kappa shape index (κ1) is 15.3. The molecule has 1 aromatic carbocycles. The van der Waals surface area contributed by atoms with Crippen molar-refractivity contribution in [2.45, 2.75) is 12.5 Å². The third-order valence-electron chi connectivity index (χ3n) is 4.96. The van der Waals surface area contributed by atoms with E-state index in [4.69, 9.17) is 9.47 Å². The van der Waals surface area contributed by atoms with Crippen LogP contribution in [-0.4, -0.2) is 55.8 Å². The van der Waals surface area contributed by atoms with E-state index >= 15 is 0 Å². The Morgan fingerprint density at radius 3 is 2.71 bits per heavy atom. The van der Waals surface area contributed by atoms with E-state index in [1.165, 1.54) is 5.56 Å². The molecule has 1 unspecified atom stereocenters. The van der Waals surface area contributed by atoms with E-state index < -0.39 is 0 Å². The maximum Gasteiger partial charge on any atom is 0.164 e. The van der Waals surface area contributed by atoms with Crippen LogP contribution in [0.25, 0.3) is 0 Å². The van der Waals surface area contributed by atoms with Gasteiger partial charge in [0, 0.05) is 38.4 Å². The van der Waals surface area contributed by atoms with Crippen molar-refractivity contribution in [2.24, 2.45) is 0 Å². The molecule has 2 aliphatic heterocycles. The Balaban J connectivity index is 1.40. The zero-order valence-corrected chi connectivity index (χ0v) is 14.0. The number of benzene rings is 1. The first-order chi connectivity index (χ1) is 11.8. The van der Waals surface area contributed by atoms with Gasteiger partial charge in [0.05, 0.1) is 7.11 Å². The zero-order chi connectivity index (χ0) is 16.4. The minimum Gasteiger partial charge on any atom is -0.493 e. The van der Waals surface area contributed by atoms with Crippen LogP contribution >= 0.6 is 0 Å². The second-order valence-corrected chi connectivity index (χ2v) is 6.33. The van der Waals surface area contributed by atoms with Gasteiger partial charge >= 0.3 is 0 Å². The lowest BCUT2D eigenvalue weighted by Gasteiger charge is -2.41. The summed E-state index contributed by atoms with van der Waals surface area (Å²) in [7, 11) is 1.70. The van der Waals surface area contributed by atoms with Crippen LogP contribution in [0, 0.1) is 0 Å². The molecule has 1 saturated heterocycles. The van der Waals surface area contributed by atoms with E-state index in [1.807, 2.05) is 30.5 Å². The van der Waals surface area contributed by atoms with Gasteiger partial charge in [-0.05, 0) is 30.2 Å². The van der Waals surface area contributed by atoms with Gasteiger partial charge in [-0.25, -0.2) is 4.98 Å². The molecule has 1 fully saturated rings. The van der Waals surface area contributed by atoms with Crippen LogP contribution in [0.15, 0.2) is 42.6 Å². The van der Waals surface area contributed by atoms with Crippen LogP contribution in [0.1, 0.15) is 5.56 Å².